The summed E-state index contributed by atoms with van der Waals surface area (Å²) in [6, 6.07) is 9.31. The molecule has 1 aromatic heterocycles. The quantitative estimate of drug-likeness (QED) is 0.903. The van der Waals surface area contributed by atoms with Crippen molar-refractivity contribution in [2.45, 2.75) is 4.90 Å². The molecule has 0 amide bonds. The standard InChI is InChI=1S/C11H10ClN3O2S/c12-8-4-1-2-6-10(8)18(16,17)15-11-9(13)5-3-7-14-11/h1-7H,13H2,(H,14,15). The SMILES string of the molecule is Nc1cccnc1NS(=O)(=O)c1ccccc1Cl. The first-order valence-electron chi connectivity index (χ1n) is 4.98. The number of halogens is 1. The van der Waals surface area contributed by atoms with E-state index in [2.05, 4.69) is 9.71 Å². The second-order valence-electron chi connectivity index (χ2n) is 3.48. The Morgan fingerprint density at radius 2 is 1.89 bits per heavy atom. The predicted molar refractivity (Wildman–Crippen MR) is 70.9 cm³/mol. The molecule has 7 heteroatoms. The van der Waals surface area contributed by atoms with Gasteiger partial charge in [-0.2, -0.15) is 0 Å². The lowest BCUT2D eigenvalue weighted by Gasteiger charge is -2.09. The molecule has 5 nitrogen and oxygen atoms in total. The van der Waals surface area contributed by atoms with Gasteiger partial charge in [0.25, 0.3) is 10.0 Å². The van der Waals surface area contributed by atoms with Crippen molar-refractivity contribution < 1.29 is 8.42 Å². The lowest BCUT2D eigenvalue weighted by Crippen LogP contribution is -2.15. The number of hydrogen-bond donors (Lipinski definition) is 2. The minimum atomic E-state index is -3.79. The molecular weight excluding hydrogens is 274 g/mol. The number of pyridine rings is 1. The molecule has 18 heavy (non-hydrogen) atoms. The Kier molecular flexibility index (Phi) is 3.40. The summed E-state index contributed by atoms with van der Waals surface area (Å²) in [7, 11) is -3.79. The fourth-order valence-corrected chi connectivity index (χ4v) is 2.91. The van der Waals surface area contributed by atoms with Crippen LogP contribution in [0, 0.1) is 0 Å². The van der Waals surface area contributed by atoms with Gasteiger partial charge in [0.05, 0.1) is 10.7 Å². The van der Waals surface area contributed by atoms with Crippen LogP contribution in [-0.2, 0) is 10.0 Å². The molecule has 0 saturated heterocycles. The average molecular weight is 284 g/mol. The Labute approximate surface area is 110 Å². The number of hydrogen-bond acceptors (Lipinski definition) is 4. The number of anilines is 2. The van der Waals surface area contributed by atoms with Crippen molar-refractivity contribution in [2.75, 3.05) is 10.5 Å². The van der Waals surface area contributed by atoms with E-state index < -0.39 is 10.0 Å². The molecule has 0 aliphatic rings. The third-order valence-electron chi connectivity index (χ3n) is 2.20. The van der Waals surface area contributed by atoms with Gasteiger partial charge in [0.2, 0.25) is 0 Å². The number of benzene rings is 1. The van der Waals surface area contributed by atoms with Crippen LogP contribution >= 0.6 is 11.6 Å². The van der Waals surface area contributed by atoms with Crippen LogP contribution in [0.1, 0.15) is 0 Å². The highest BCUT2D eigenvalue weighted by atomic mass is 35.5. The van der Waals surface area contributed by atoms with Gasteiger partial charge in [-0.25, -0.2) is 13.4 Å². The molecule has 0 aliphatic heterocycles. The van der Waals surface area contributed by atoms with Gasteiger partial charge in [0.1, 0.15) is 4.90 Å². The van der Waals surface area contributed by atoms with Crippen LogP contribution in [0.25, 0.3) is 0 Å². The molecule has 2 aromatic rings. The lowest BCUT2D eigenvalue weighted by atomic mass is 10.4. The van der Waals surface area contributed by atoms with Crippen LogP contribution in [0.5, 0.6) is 0 Å². The number of nitrogen functional groups attached to an aromatic ring is 1. The summed E-state index contributed by atoms with van der Waals surface area (Å²) in [6.07, 6.45) is 1.45. The largest absolute Gasteiger partial charge is 0.396 e. The maximum Gasteiger partial charge on any atom is 0.264 e. The molecule has 0 bridgehead atoms. The zero-order chi connectivity index (χ0) is 13.2. The van der Waals surface area contributed by atoms with E-state index in [-0.39, 0.29) is 21.4 Å². The molecule has 1 aromatic carbocycles. The third-order valence-corrected chi connectivity index (χ3v) is 4.03. The maximum atomic E-state index is 12.1. The third kappa shape index (κ3) is 2.55. The smallest absolute Gasteiger partial charge is 0.264 e. The second-order valence-corrected chi connectivity index (χ2v) is 5.54. The fourth-order valence-electron chi connectivity index (χ4n) is 1.35. The van der Waals surface area contributed by atoms with E-state index >= 15 is 0 Å². The first-order chi connectivity index (χ1) is 8.50. The highest BCUT2D eigenvalue weighted by molar-refractivity contribution is 7.92. The molecular formula is C11H10ClN3O2S. The van der Waals surface area contributed by atoms with Crippen molar-refractivity contribution in [3.05, 3.63) is 47.6 Å². The molecule has 0 atom stereocenters. The Hall–Kier alpha value is -1.79. The predicted octanol–water partition coefficient (Wildman–Crippen LogP) is 2.12. The minimum Gasteiger partial charge on any atom is -0.396 e. The summed E-state index contributed by atoms with van der Waals surface area (Å²) in [5, 5.41) is 0.138. The maximum absolute atomic E-state index is 12.1. The number of nitrogens with one attached hydrogen (secondary N) is 1. The highest BCUT2D eigenvalue weighted by Crippen LogP contribution is 2.24. The number of aromatic nitrogens is 1. The van der Waals surface area contributed by atoms with Crippen molar-refractivity contribution in [1.82, 2.24) is 4.98 Å². The molecule has 0 saturated carbocycles. The van der Waals surface area contributed by atoms with Crippen molar-refractivity contribution in [3.8, 4) is 0 Å². The molecule has 0 fully saturated rings. The van der Waals surface area contributed by atoms with Gasteiger partial charge in [-0.1, -0.05) is 23.7 Å². The van der Waals surface area contributed by atoms with Crippen molar-refractivity contribution in [1.29, 1.82) is 0 Å². The normalized spacial score (nSPS) is 11.2. The average Bonchev–Trinajstić information content (AvgIpc) is 2.32. The summed E-state index contributed by atoms with van der Waals surface area (Å²) in [5.74, 6) is 0.0809. The molecule has 1 heterocycles. The van der Waals surface area contributed by atoms with Crippen LogP contribution in [0.2, 0.25) is 5.02 Å². The van der Waals surface area contributed by atoms with E-state index in [4.69, 9.17) is 17.3 Å². The van der Waals surface area contributed by atoms with Gasteiger partial charge in [-0.3, -0.25) is 4.72 Å². The summed E-state index contributed by atoms with van der Waals surface area (Å²) in [4.78, 5) is 3.84. The molecule has 3 N–H and O–H groups in total. The molecule has 0 aliphatic carbocycles. The van der Waals surface area contributed by atoms with Gasteiger partial charge in [0.15, 0.2) is 5.82 Å². The van der Waals surface area contributed by atoms with Gasteiger partial charge in [0, 0.05) is 6.20 Å². The van der Waals surface area contributed by atoms with Crippen molar-refractivity contribution in [2.24, 2.45) is 0 Å². The zero-order valence-electron chi connectivity index (χ0n) is 9.17. The highest BCUT2D eigenvalue weighted by Gasteiger charge is 2.18. The minimum absolute atomic E-state index is 0.0169. The number of sulfonamides is 1. The fraction of sp³-hybridized carbons (Fsp3) is 0. The van der Waals surface area contributed by atoms with Crippen molar-refractivity contribution in [3.63, 3.8) is 0 Å². The van der Waals surface area contributed by atoms with Crippen molar-refractivity contribution >= 4 is 33.1 Å². The summed E-state index contributed by atoms with van der Waals surface area (Å²) in [5.41, 5.74) is 5.87. The van der Waals surface area contributed by atoms with E-state index in [9.17, 15) is 8.42 Å². The van der Waals surface area contributed by atoms with Crippen LogP contribution in [-0.4, -0.2) is 13.4 Å². The molecule has 0 spiro atoms. The first-order valence-corrected chi connectivity index (χ1v) is 6.84. The topological polar surface area (TPSA) is 85.1 Å². The van der Waals surface area contributed by atoms with Gasteiger partial charge in [-0.15, -0.1) is 0 Å². The Balaban J connectivity index is 2.40. The van der Waals surface area contributed by atoms with E-state index in [1.54, 1.807) is 24.3 Å². The van der Waals surface area contributed by atoms with E-state index in [1.807, 2.05) is 0 Å². The first kappa shape index (κ1) is 12.7. The summed E-state index contributed by atoms with van der Waals surface area (Å²) < 4.78 is 26.5. The zero-order valence-corrected chi connectivity index (χ0v) is 10.7. The van der Waals surface area contributed by atoms with Crippen LogP contribution < -0.4 is 10.5 Å². The van der Waals surface area contributed by atoms with Crippen LogP contribution in [0.4, 0.5) is 11.5 Å². The van der Waals surface area contributed by atoms with E-state index in [1.165, 1.54) is 18.3 Å². The van der Waals surface area contributed by atoms with Gasteiger partial charge >= 0.3 is 0 Å². The molecule has 0 unspecified atom stereocenters. The van der Waals surface area contributed by atoms with Crippen LogP contribution in [0.3, 0.4) is 0 Å². The second kappa shape index (κ2) is 4.83. The van der Waals surface area contributed by atoms with Gasteiger partial charge in [-0.05, 0) is 24.3 Å². The summed E-state index contributed by atoms with van der Waals surface area (Å²) >= 11 is 5.84. The Morgan fingerprint density at radius 3 is 2.56 bits per heavy atom. The summed E-state index contributed by atoms with van der Waals surface area (Å²) in [6.45, 7) is 0. The number of rotatable bonds is 3. The lowest BCUT2D eigenvalue weighted by molar-refractivity contribution is 0.601. The van der Waals surface area contributed by atoms with E-state index in [0.29, 0.717) is 0 Å². The number of nitrogens with two attached hydrogens (primary N) is 1. The monoisotopic (exact) mass is 283 g/mol. The molecule has 94 valence electrons. The molecule has 0 radical (unpaired) electrons. The Morgan fingerprint density at radius 1 is 1.17 bits per heavy atom. The van der Waals surface area contributed by atoms with Crippen LogP contribution in [0.15, 0.2) is 47.5 Å². The Bertz CT molecular complexity index is 673. The van der Waals surface area contributed by atoms with E-state index in [0.717, 1.165) is 0 Å². The molecule has 2 rings (SSSR count). The number of nitrogens with zero attached hydrogens (tertiary/aromatic N) is 1. The van der Waals surface area contributed by atoms with Gasteiger partial charge < -0.3 is 5.73 Å².